The third kappa shape index (κ3) is 6.76. The normalized spacial score (nSPS) is 12.2. The molecule has 0 saturated heterocycles. The van der Waals surface area contributed by atoms with Crippen LogP contribution in [0.5, 0.6) is 0 Å². The van der Waals surface area contributed by atoms with Crippen LogP contribution in [0.1, 0.15) is 11.4 Å². The summed E-state index contributed by atoms with van der Waals surface area (Å²) in [6.07, 6.45) is 0. The summed E-state index contributed by atoms with van der Waals surface area (Å²) in [5.74, 6) is 0. The maximum atomic E-state index is 2.59. The van der Waals surface area contributed by atoms with Crippen LogP contribution in [-0.4, -0.2) is 15.8 Å². The third-order valence-electron chi connectivity index (χ3n) is 17.6. The first-order valence-corrected chi connectivity index (χ1v) is 28.5. The van der Waals surface area contributed by atoms with Gasteiger partial charge in [0.15, 0.2) is 0 Å². The van der Waals surface area contributed by atoms with Crippen molar-refractivity contribution in [2.45, 2.75) is 13.8 Å². The SMILES string of the molecule is Cc1cc2c(N(c3cccc4ccccc34)c3cccc4ccccc34)ccc3c2n1-c1cc(N(c2ccccc2)c2ccccc2)cc2c1B3c1ccc(N(c3cccc4ccccc34)c3cccc4ccccc34)c3cc(C)n-2c13. The minimum atomic E-state index is -0.0928. The predicted molar refractivity (Wildman–Crippen MR) is 348 cm³/mol. The van der Waals surface area contributed by atoms with Gasteiger partial charge in [-0.05, 0) is 137 Å². The molecule has 0 bridgehead atoms. The van der Waals surface area contributed by atoms with Crippen LogP contribution in [0, 0.1) is 13.8 Å². The zero-order valence-electron chi connectivity index (χ0n) is 45.4. The van der Waals surface area contributed by atoms with Crippen LogP contribution in [0.25, 0.3) is 76.3 Å². The Bertz CT molecular complexity index is 4620. The molecule has 0 spiro atoms. The molecule has 5 nitrogen and oxygen atoms in total. The summed E-state index contributed by atoms with van der Waals surface area (Å²) in [5.41, 5.74) is 21.2. The van der Waals surface area contributed by atoms with Gasteiger partial charge in [0.05, 0.1) is 50.8 Å². The van der Waals surface area contributed by atoms with Crippen molar-refractivity contribution in [3.8, 4) is 11.4 Å². The molecule has 13 aromatic carbocycles. The Labute approximate surface area is 476 Å². The molecule has 6 heteroatoms. The molecule has 0 fully saturated rings. The van der Waals surface area contributed by atoms with Crippen LogP contribution < -0.4 is 31.1 Å². The number of para-hydroxylation sites is 2. The van der Waals surface area contributed by atoms with Gasteiger partial charge in [0, 0.05) is 66.5 Å². The lowest BCUT2D eigenvalue weighted by Crippen LogP contribution is -2.59. The first-order valence-electron chi connectivity index (χ1n) is 28.5. The fraction of sp³-hybridized carbons (Fsp3) is 0.0263. The highest BCUT2D eigenvalue weighted by molar-refractivity contribution is 7.00. The predicted octanol–water partition coefficient (Wildman–Crippen LogP) is 18.4. The van der Waals surface area contributed by atoms with Crippen molar-refractivity contribution >= 4 is 139 Å². The molecule has 0 unspecified atom stereocenters. The molecule has 2 aromatic heterocycles. The number of benzene rings is 13. The van der Waals surface area contributed by atoms with Crippen LogP contribution in [0.15, 0.2) is 279 Å². The second kappa shape index (κ2) is 18.0. The topological polar surface area (TPSA) is 19.6 Å². The number of anilines is 9. The highest BCUT2D eigenvalue weighted by Gasteiger charge is 2.42. The number of aromatic nitrogens is 2. The summed E-state index contributed by atoms with van der Waals surface area (Å²) in [6.45, 7) is 4.51. The van der Waals surface area contributed by atoms with Gasteiger partial charge in [0.1, 0.15) is 0 Å². The molecule has 0 saturated carbocycles. The van der Waals surface area contributed by atoms with Crippen LogP contribution in [0.4, 0.5) is 51.2 Å². The molecule has 0 N–H and O–H groups in total. The molecule has 17 rings (SSSR count). The van der Waals surface area contributed by atoms with Crippen LogP contribution >= 0.6 is 0 Å². The Hall–Kier alpha value is -10.6. The minimum absolute atomic E-state index is 0.0928. The average Bonchev–Trinajstić information content (AvgIpc) is 1.66. The summed E-state index contributed by atoms with van der Waals surface area (Å²) >= 11 is 0. The molecule has 15 aromatic rings. The molecule has 0 amide bonds. The van der Waals surface area contributed by atoms with E-state index in [1.807, 2.05) is 0 Å². The lowest BCUT2D eigenvalue weighted by molar-refractivity contribution is 1.02. The number of aryl methyl sites for hydroxylation is 2. The Morgan fingerprint density at radius 3 is 0.951 bits per heavy atom. The van der Waals surface area contributed by atoms with Gasteiger partial charge < -0.3 is 23.8 Å². The minimum Gasteiger partial charge on any atom is -0.315 e. The van der Waals surface area contributed by atoms with E-state index in [1.165, 1.54) is 104 Å². The Kier molecular flexibility index (Phi) is 10.2. The van der Waals surface area contributed by atoms with E-state index in [1.54, 1.807) is 0 Å². The van der Waals surface area contributed by atoms with Gasteiger partial charge in [-0.3, -0.25) is 0 Å². The molecule has 2 aliphatic heterocycles. The van der Waals surface area contributed by atoms with E-state index in [4.69, 9.17) is 0 Å². The van der Waals surface area contributed by atoms with Gasteiger partial charge in [-0.1, -0.05) is 194 Å². The molecule has 82 heavy (non-hydrogen) atoms. The molecule has 0 atom stereocenters. The number of nitrogens with zero attached hydrogens (tertiary/aromatic N) is 5. The van der Waals surface area contributed by atoms with Crippen LogP contribution in [0.3, 0.4) is 0 Å². The monoisotopic (exact) mass is 1050 g/mol. The van der Waals surface area contributed by atoms with E-state index < -0.39 is 0 Å². The van der Waals surface area contributed by atoms with Gasteiger partial charge >= 0.3 is 0 Å². The van der Waals surface area contributed by atoms with Gasteiger partial charge in [-0.2, -0.15) is 0 Å². The maximum Gasteiger partial charge on any atom is 0.252 e. The number of rotatable bonds is 9. The van der Waals surface area contributed by atoms with Crippen molar-refractivity contribution in [3.05, 3.63) is 290 Å². The Morgan fingerprint density at radius 1 is 0.268 bits per heavy atom. The van der Waals surface area contributed by atoms with Crippen LogP contribution in [-0.2, 0) is 0 Å². The third-order valence-corrected chi connectivity index (χ3v) is 17.6. The zero-order chi connectivity index (χ0) is 54.2. The van der Waals surface area contributed by atoms with Gasteiger partial charge in [-0.15, -0.1) is 0 Å². The summed E-state index contributed by atoms with van der Waals surface area (Å²) in [4.78, 5) is 7.51. The quantitative estimate of drug-likeness (QED) is 0.134. The highest BCUT2D eigenvalue weighted by Crippen LogP contribution is 2.50. The lowest BCUT2D eigenvalue weighted by Gasteiger charge is -2.37. The summed E-state index contributed by atoms with van der Waals surface area (Å²) in [7, 11) is 0. The van der Waals surface area contributed by atoms with Crippen molar-refractivity contribution in [2.24, 2.45) is 0 Å². The highest BCUT2D eigenvalue weighted by atomic mass is 15.2. The van der Waals surface area contributed by atoms with Crippen molar-refractivity contribution in [1.82, 2.24) is 9.13 Å². The van der Waals surface area contributed by atoms with Gasteiger partial charge in [0.25, 0.3) is 6.71 Å². The van der Waals surface area contributed by atoms with E-state index in [0.717, 1.165) is 51.2 Å². The average molecular weight is 1050 g/mol. The molecular formula is C76H52BN5. The summed E-state index contributed by atoms with van der Waals surface area (Å²) < 4.78 is 5.17. The van der Waals surface area contributed by atoms with Crippen molar-refractivity contribution in [1.29, 1.82) is 0 Å². The molecule has 2 aliphatic rings. The molecule has 0 radical (unpaired) electrons. The van der Waals surface area contributed by atoms with Crippen molar-refractivity contribution < 1.29 is 0 Å². The largest absolute Gasteiger partial charge is 0.315 e. The first kappa shape index (κ1) is 46.4. The second-order valence-corrected chi connectivity index (χ2v) is 22.1. The smallest absolute Gasteiger partial charge is 0.252 e. The van der Waals surface area contributed by atoms with Crippen molar-refractivity contribution in [2.75, 3.05) is 14.7 Å². The van der Waals surface area contributed by atoms with Gasteiger partial charge in [0.2, 0.25) is 0 Å². The fourth-order valence-electron chi connectivity index (χ4n) is 14.3. The number of hydrogen-bond acceptors (Lipinski definition) is 3. The standard InChI is InChI=1S/C76H52BN5/c1-49-45-62-70(81(66-37-17-25-51-21-9-13-33-58(51)66)67-38-18-26-52-22-10-14-34-59(52)67)43-41-64-75(62)78(49)72-47-57(80(55-29-5-3-6-30-55)56-31-7-4-8-32-56)48-73-74(72)77(64)65-42-44-71(63-46-50(2)79(73)76(63)65)82(68-39-19-27-53-23-11-15-35-60(53)68)69-40-20-28-54-24-12-16-36-61(54)69/h3-48H,1-2H3. The lowest BCUT2D eigenvalue weighted by atomic mass is 9.34. The maximum absolute atomic E-state index is 2.59. The molecule has 0 aliphatic carbocycles. The molecule has 4 heterocycles. The fourth-order valence-corrected chi connectivity index (χ4v) is 14.3. The zero-order valence-corrected chi connectivity index (χ0v) is 45.4. The van der Waals surface area contributed by atoms with Crippen molar-refractivity contribution in [3.63, 3.8) is 0 Å². The van der Waals surface area contributed by atoms with E-state index in [9.17, 15) is 0 Å². The number of fused-ring (bicyclic) bond motifs is 8. The molecular weight excluding hydrogens is 994 g/mol. The van der Waals surface area contributed by atoms with E-state index in [2.05, 4.69) is 317 Å². The van der Waals surface area contributed by atoms with E-state index in [-0.39, 0.29) is 6.71 Å². The first-order chi connectivity index (χ1) is 40.6. The number of hydrogen-bond donors (Lipinski definition) is 0. The van der Waals surface area contributed by atoms with E-state index >= 15 is 0 Å². The van der Waals surface area contributed by atoms with Crippen LogP contribution in [0.2, 0.25) is 0 Å². The van der Waals surface area contributed by atoms with E-state index in [0.29, 0.717) is 0 Å². The summed E-state index contributed by atoms with van der Waals surface area (Å²) in [5, 5.41) is 12.0. The summed E-state index contributed by atoms with van der Waals surface area (Å²) in [6, 6.07) is 104. The molecule has 384 valence electrons. The Morgan fingerprint density at radius 2 is 0.585 bits per heavy atom. The second-order valence-electron chi connectivity index (χ2n) is 22.1. The van der Waals surface area contributed by atoms with Gasteiger partial charge in [-0.25, -0.2) is 0 Å². The Balaban J connectivity index is 0.981.